The van der Waals surface area contributed by atoms with E-state index in [0.717, 1.165) is 44.9 Å². The number of hydrogen-bond donors (Lipinski definition) is 3. The Morgan fingerprint density at radius 1 is 1.21 bits per heavy atom. The molecule has 1 unspecified atom stereocenters. The van der Waals surface area contributed by atoms with Crippen LogP contribution in [0.5, 0.6) is 0 Å². The third-order valence-corrected chi connectivity index (χ3v) is 5.91. The smallest absolute Gasteiger partial charge is 0.303 e. The van der Waals surface area contributed by atoms with E-state index >= 15 is 0 Å². The minimum Gasteiger partial charge on any atom is -0.481 e. The van der Waals surface area contributed by atoms with Crippen LogP contribution in [0.4, 0.5) is 0 Å². The second-order valence-corrected chi connectivity index (χ2v) is 8.39. The average molecular weight is 407 g/mol. The summed E-state index contributed by atoms with van der Waals surface area (Å²) < 4.78 is 0. The molecule has 0 saturated heterocycles. The number of hydrogen-bond acceptors (Lipinski definition) is 4. The first-order chi connectivity index (χ1) is 13.8. The first kappa shape index (κ1) is 25.4. The van der Waals surface area contributed by atoms with Crippen LogP contribution < -0.4 is 0 Å². The van der Waals surface area contributed by atoms with Gasteiger partial charge in [0, 0.05) is 31.1 Å². The third-order valence-electron chi connectivity index (χ3n) is 5.91. The molecule has 0 aromatic carbocycles. The minimum absolute atomic E-state index is 0.0875. The van der Waals surface area contributed by atoms with Crippen LogP contribution in [0.2, 0.25) is 0 Å². The Hall–Kier alpha value is -1.64. The van der Waals surface area contributed by atoms with Gasteiger partial charge in [-0.1, -0.05) is 63.5 Å². The number of terminal acetylenes is 1. The number of Topliss-reactive ketones (excluding diaryl/α,β-unsaturated/α-hetero) is 1. The van der Waals surface area contributed by atoms with Gasteiger partial charge in [0.25, 0.3) is 0 Å². The molecule has 1 aliphatic rings. The molecule has 0 aliphatic heterocycles. The summed E-state index contributed by atoms with van der Waals surface area (Å²) in [5, 5.41) is 29.5. The molecular formula is C24H38O5. The Kier molecular flexibility index (Phi) is 11.9. The third kappa shape index (κ3) is 9.60. The van der Waals surface area contributed by atoms with Gasteiger partial charge in [0.1, 0.15) is 11.4 Å². The molecule has 0 radical (unpaired) electrons. The van der Waals surface area contributed by atoms with Crippen molar-refractivity contribution in [3.63, 3.8) is 0 Å². The molecule has 0 heterocycles. The lowest BCUT2D eigenvalue weighted by atomic mass is 9.87. The van der Waals surface area contributed by atoms with Crippen LogP contribution >= 0.6 is 0 Å². The molecule has 1 saturated carbocycles. The van der Waals surface area contributed by atoms with Gasteiger partial charge in [0.05, 0.1) is 6.10 Å². The lowest BCUT2D eigenvalue weighted by molar-refractivity contribution is -0.137. The van der Waals surface area contributed by atoms with E-state index in [1.165, 1.54) is 0 Å². The molecule has 5 nitrogen and oxygen atoms in total. The molecule has 0 aromatic rings. The van der Waals surface area contributed by atoms with Crippen LogP contribution in [-0.4, -0.2) is 38.8 Å². The molecule has 29 heavy (non-hydrogen) atoms. The Morgan fingerprint density at radius 2 is 1.90 bits per heavy atom. The van der Waals surface area contributed by atoms with E-state index < -0.39 is 17.7 Å². The highest BCUT2D eigenvalue weighted by Gasteiger charge is 2.39. The van der Waals surface area contributed by atoms with Crippen molar-refractivity contribution < 1.29 is 24.9 Å². The predicted octanol–water partition coefficient (Wildman–Crippen LogP) is 4.26. The normalized spacial score (nSPS) is 23.9. The summed E-state index contributed by atoms with van der Waals surface area (Å²) in [4.78, 5) is 22.8. The summed E-state index contributed by atoms with van der Waals surface area (Å²) in [6, 6.07) is 0. The van der Waals surface area contributed by atoms with Crippen molar-refractivity contribution in [2.24, 2.45) is 11.8 Å². The molecule has 3 N–H and O–H groups in total. The van der Waals surface area contributed by atoms with Crippen molar-refractivity contribution in [2.45, 2.75) is 102 Å². The van der Waals surface area contributed by atoms with Crippen LogP contribution in [0.3, 0.4) is 0 Å². The molecular weight excluding hydrogens is 368 g/mol. The van der Waals surface area contributed by atoms with E-state index in [2.05, 4.69) is 12.8 Å². The summed E-state index contributed by atoms with van der Waals surface area (Å²) >= 11 is 0. The van der Waals surface area contributed by atoms with Crippen LogP contribution in [0.1, 0.15) is 90.4 Å². The van der Waals surface area contributed by atoms with Gasteiger partial charge in [-0.3, -0.25) is 9.59 Å². The molecule has 4 atom stereocenters. The van der Waals surface area contributed by atoms with E-state index in [9.17, 15) is 19.8 Å². The lowest BCUT2D eigenvalue weighted by Gasteiger charge is -2.21. The second kappa shape index (κ2) is 13.6. The highest BCUT2D eigenvalue weighted by atomic mass is 16.4. The number of carboxylic acids is 1. The van der Waals surface area contributed by atoms with Gasteiger partial charge in [-0.05, 0) is 25.7 Å². The summed E-state index contributed by atoms with van der Waals surface area (Å²) in [5.41, 5.74) is -1.17. The standard InChI is InChI=1S/C24H38O5/c1-3-5-6-11-16-24(29,4-2)17-12-14-20-19(21(25)18-22(20)26)13-9-7-8-10-15-23(27)28/h2,12,14,19-20,22,26,29H,3,5-11,13,15-18H2,1H3,(H,27,28)/t19-,20-,22-,24?/m1/s1. The molecule has 0 spiro atoms. The number of carboxylic acid groups (broad SMARTS) is 1. The van der Waals surface area contributed by atoms with Gasteiger partial charge >= 0.3 is 5.97 Å². The fraction of sp³-hybridized carbons (Fsp3) is 0.750. The Bertz CT molecular complexity index is 576. The molecule has 0 aromatic heterocycles. The number of aliphatic carboxylic acids is 1. The van der Waals surface area contributed by atoms with Gasteiger partial charge in [-0.25, -0.2) is 0 Å². The zero-order valence-electron chi connectivity index (χ0n) is 17.8. The first-order valence-corrected chi connectivity index (χ1v) is 11.1. The minimum atomic E-state index is -1.17. The fourth-order valence-electron chi connectivity index (χ4n) is 4.08. The Balaban J connectivity index is 2.50. The largest absolute Gasteiger partial charge is 0.481 e. The van der Waals surface area contributed by atoms with Gasteiger partial charge in [-0.15, -0.1) is 6.42 Å². The van der Waals surface area contributed by atoms with Crippen LogP contribution in [-0.2, 0) is 9.59 Å². The van der Waals surface area contributed by atoms with Crippen molar-refractivity contribution in [1.29, 1.82) is 0 Å². The van der Waals surface area contributed by atoms with Gasteiger partial charge < -0.3 is 15.3 Å². The maximum atomic E-state index is 12.3. The molecule has 1 fully saturated rings. The number of carbonyl (C=O) groups excluding carboxylic acids is 1. The van der Waals surface area contributed by atoms with Crippen LogP contribution in [0, 0.1) is 24.2 Å². The summed E-state index contributed by atoms with van der Waals surface area (Å²) in [6.45, 7) is 2.14. The molecule has 164 valence electrons. The van der Waals surface area contributed by atoms with E-state index in [-0.39, 0.29) is 30.5 Å². The van der Waals surface area contributed by atoms with Crippen molar-refractivity contribution in [1.82, 2.24) is 0 Å². The quantitative estimate of drug-likeness (QED) is 0.215. The molecule has 1 rings (SSSR count). The SMILES string of the molecule is C#CC(O)(CC=C[C@H]1[C@H](O)CC(=O)[C@@H]1CCCCCCC(=O)O)CCCCCC. The zero-order valence-corrected chi connectivity index (χ0v) is 17.8. The zero-order chi connectivity index (χ0) is 21.7. The van der Waals surface area contributed by atoms with E-state index in [1.807, 2.05) is 12.2 Å². The number of ketones is 1. The topological polar surface area (TPSA) is 94.8 Å². The summed E-state index contributed by atoms with van der Waals surface area (Å²) in [5.74, 6) is 1.38. The number of aliphatic hydroxyl groups excluding tert-OH is 1. The predicted molar refractivity (Wildman–Crippen MR) is 114 cm³/mol. The monoisotopic (exact) mass is 406 g/mol. The van der Waals surface area contributed by atoms with Crippen molar-refractivity contribution in [3.05, 3.63) is 12.2 Å². The second-order valence-electron chi connectivity index (χ2n) is 8.39. The number of unbranched alkanes of at least 4 members (excludes halogenated alkanes) is 6. The molecule has 1 aliphatic carbocycles. The molecule has 0 amide bonds. The first-order valence-electron chi connectivity index (χ1n) is 11.1. The Labute approximate surface area is 175 Å². The van der Waals surface area contributed by atoms with Crippen molar-refractivity contribution in [3.8, 4) is 12.3 Å². The Morgan fingerprint density at radius 3 is 2.55 bits per heavy atom. The number of carbonyl (C=O) groups is 2. The maximum Gasteiger partial charge on any atom is 0.303 e. The maximum absolute atomic E-state index is 12.3. The van der Waals surface area contributed by atoms with Crippen molar-refractivity contribution >= 4 is 11.8 Å². The summed E-state index contributed by atoms with van der Waals surface area (Å²) in [6.07, 6.45) is 17.9. The highest BCUT2D eigenvalue weighted by Crippen LogP contribution is 2.34. The lowest BCUT2D eigenvalue weighted by Crippen LogP contribution is -2.25. The molecule has 5 heteroatoms. The van der Waals surface area contributed by atoms with E-state index in [4.69, 9.17) is 11.5 Å². The fourth-order valence-corrected chi connectivity index (χ4v) is 4.08. The van der Waals surface area contributed by atoms with Gasteiger partial charge in [0.2, 0.25) is 0 Å². The highest BCUT2D eigenvalue weighted by molar-refractivity contribution is 5.84. The van der Waals surface area contributed by atoms with Crippen LogP contribution in [0.15, 0.2) is 12.2 Å². The van der Waals surface area contributed by atoms with Gasteiger partial charge in [0.15, 0.2) is 0 Å². The van der Waals surface area contributed by atoms with E-state index in [0.29, 0.717) is 25.7 Å². The molecule has 0 bridgehead atoms. The number of rotatable bonds is 15. The summed E-state index contributed by atoms with van der Waals surface area (Å²) in [7, 11) is 0. The number of aliphatic hydroxyl groups is 2. The van der Waals surface area contributed by atoms with Gasteiger partial charge in [-0.2, -0.15) is 0 Å². The van der Waals surface area contributed by atoms with E-state index in [1.54, 1.807) is 0 Å². The van der Waals surface area contributed by atoms with Crippen LogP contribution in [0.25, 0.3) is 0 Å². The average Bonchev–Trinajstić information content (AvgIpc) is 2.94. The van der Waals surface area contributed by atoms with Crippen molar-refractivity contribution in [2.75, 3.05) is 0 Å².